The van der Waals surface area contributed by atoms with Crippen LogP contribution < -0.4 is 4.90 Å². The van der Waals surface area contributed by atoms with E-state index in [2.05, 4.69) is 44.7 Å². The molecule has 1 aromatic carbocycles. The molecule has 0 spiro atoms. The number of hydrogen-bond acceptors (Lipinski definition) is 4. The van der Waals surface area contributed by atoms with Gasteiger partial charge in [0.15, 0.2) is 11.4 Å². The zero-order valence-electron chi connectivity index (χ0n) is 19.3. The number of carbonyl (C=O) groups is 1. The molecular weight excluding hydrogens is 388 g/mol. The zero-order valence-corrected chi connectivity index (χ0v) is 20.1. The minimum absolute atomic E-state index is 0.695. The number of aromatic nitrogens is 1. The Morgan fingerprint density at radius 1 is 1.03 bits per heavy atom. The lowest BCUT2D eigenvalue weighted by Gasteiger charge is -2.24. The van der Waals surface area contributed by atoms with E-state index in [1.807, 2.05) is 0 Å². The lowest BCUT2D eigenvalue weighted by atomic mass is 9.82. The van der Waals surface area contributed by atoms with Gasteiger partial charge in [-0.15, -0.1) is 0 Å². The van der Waals surface area contributed by atoms with E-state index in [9.17, 15) is 4.79 Å². The first-order chi connectivity index (χ1) is 14.6. The Morgan fingerprint density at radius 3 is 2.17 bits per heavy atom. The van der Waals surface area contributed by atoms with Crippen LogP contribution in [-0.2, 0) is 0 Å². The van der Waals surface area contributed by atoms with Crippen molar-refractivity contribution in [2.75, 3.05) is 18.0 Å². The van der Waals surface area contributed by atoms with Crippen LogP contribution in [0.3, 0.4) is 0 Å². The number of hydrogen-bond donors (Lipinski definition) is 0. The van der Waals surface area contributed by atoms with Crippen LogP contribution in [-0.4, -0.2) is 24.4 Å². The van der Waals surface area contributed by atoms with Crippen LogP contribution >= 0.6 is 11.3 Å². The van der Waals surface area contributed by atoms with E-state index in [1.54, 1.807) is 11.3 Å². The van der Waals surface area contributed by atoms with Gasteiger partial charge in [0.25, 0.3) is 0 Å². The second-order valence-corrected chi connectivity index (χ2v) is 9.90. The summed E-state index contributed by atoms with van der Waals surface area (Å²) in [6.45, 7) is 10.9. The number of unbranched alkanes of at least 4 members (excludes halogenated alkanes) is 2. The number of benzene rings is 1. The van der Waals surface area contributed by atoms with Gasteiger partial charge in [0.05, 0.1) is 10.6 Å². The Balaban J connectivity index is 1.95. The van der Waals surface area contributed by atoms with Gasteiger partial charge in [0.2, 0.25) is 0 Å². The summed E-state index contributed by atoms with van der Waals surface area (Å²) in [7, 11) is 0. The van der Waals surface area contributed by atoms with Crippen molar-refractivity contribution in [2.45, 2.75) is 91.4 Å². The molecule has 0 saturated heterocycles. The number of thiazole rings is 1. The molecule has 1 aliphatic carbocycles. The third-order valence-corrected chi connectivity index (χ3v) is 7.49. The fourth-order valence-corrected chi connectivity index (χ4v) is 5.70. The lowest BCUT2D eigenvalue weighted by Crippen LogP contribution is -2.25. The van der Waals surface area contributed by atoms with Crippen molar-refractivity contribution >= 4 is 22.8 Å². The second kappa shape index (κ2) is 11.1. The maximum Gasteiger partial charge on any atom is 0.186 e. The Hall–Kier alpha value is -1.68. The minimum atomic E-state index is 0.695. The maximum absolute atomic E-state index is 12.0. The molecule has 2 aromatic rings. The summed E-state index contributed by atoms with van der Waals surface area (Å²) >= 11 is 1.56. The Bertz CT molecular complexity index is 805. The molecule has 1 aromatic heterocycles. The minimum Gasteiger partial charge on any atom is -0.348 e. The highest BCUT2D eigenvalue weighted by Gasteiger charge is 2.22. The molecule has 1 heterocycles. The van der Waals surface area contributed by atoms with Crippen molar-refractivity contribution in [3.8, 4) is 11.3 Å². The summed E-state index contributed by atoms with van der Waals surface area (Å²) in [5, 5.41) is 1.00. The molecule has 3 rings (SSSR count). The average Bonchev–Trinajstić information content (AvgIpc) is 3.17. The van der Waals surface area contributed by atoms with Crippen LogP contribution in [0.25, 0.3) is 11.3 Å². The van der Waals surface area contributed by atoms with E-state index in [0.717, 1.165) is 53.5 Å². The van der Waals surface area contributed by atoms with Gasteiger partial charge >= 0.3 is 0 Å². The second-order valence-electron chi connectivity index (χ2n) is 8.89. The van der Waals surface area contributed by atoms with Gasteiger partial charge in [-0.25, -0.2) is 4.98 Å². The number of aldehydes is 1. The average molecular weight is 427 g/mol. The van der Waals surface area contributed by atoms with Crippen LogP contribution in [0.4, 0.5) is 5.13 Å². The standard InChI is InChI=1S/C26H38N2OS/c1-5-7-14-28(15-8-6-2)26-27-25(23(18-29)30-26)24-19(3)16-22(17-20(24)4)21-12-10-9-11-13-21/h16-18,21H,5-15H2,1-4H3. The summed E-state index contributed by atoms with van der Waals surface area (Å²) in [5.74, 6) is 0.695. The normalized spacial score (nSPS) is 14.8. The van der Waals surface area contributed by atoms with E-state index in [0.29, 0.717) is 5.92 Å². The van der Waals surface area contributed by atoms with Gasteiger partial charge in [-0.2, -0.15) is 0 Å². The molecule has 0 unspecified atom stereocenters. The van der Waals surface area contributed by atoms with Crippen LogP contribution in [0, 0.1) is 13.8 Å². The van der Waals surface area contributed by atoms with Crippen molar-refractivity contribution in [3.05, 3.63) is 33.7 Å². The summed E-state index contributed by atoms with van der Waals surface area (Å²) < 4.78 is 0. The summed E-state index contributed by atoms with van der Waals surface area (Å²) in [6, 6.07) is 4.72. The largest absolute Gasteiger partial charge is 0.348 e. The smallest absolute Gasteiger partial charge is 0.186 e. The van der Waals surface area contributed by atoms with Crippen LogP contribution in [0.1, 0.15) is 104 Å². The first-order valence-corrected chi connectivity index (χ1v) is 12.7. The molecule has 0 amide bonds. The number of anilines is 1. The summed E-state index contributed by atoms with van der Waals surface area (Å²) in [6.07, 6.45) is 12.3. The van der Waals surface area contributed by atoms with Gasteiger partial charge in [-0.3, -0.25) is 4.79 Å². The highest BCUT2D eigenvalue weighted by atomic mass is 32.1. The number of rotatable bonds is 10. The van der Waals surface area contributed by atoms with E-state index < -0.39 is 0 Å². The zero-order chi connectivity index (χ0) is 21.5. The van der Waals surface area contributed by atoms with Crippen LogP contribution in [0.2, 0.25) is 0 Å². The number of nitrogens with zero attached hydrogens (tertiary/aromatic N) is 2. The number of aryl methyl sites for hydroxylation is 2. The molecular formula is C26H38N2OS. The molecule has 1 aliphatic rings. The van der Waals surface area contributed by atoms with E-state index in [4.69, 9.17) is 4.98 Å². The van der Waals surface area contributed by atoms with Crippen molar-refractivity contribution in [3.63, 3.8) is 0 Å². The number of carbonyl (C=O) groups excluding carboxylic acids is 1. The molecule has 0 atom stereocenters. The quantitative estimate of drug-likeness (QED) is 0.365. The topological polar surface area (TPSA) is 33.2 Å². The Labute approximate surface area is 186 Å². The maximum atomic E-state index is 12.0. The van der Waals surface area contributed by atoms with Crippen molar-refractivity contribution < 1.29 is 4.79 Å². The molecule has 4 heteroatoms. The third kappa shape index (κ3) is 5.32. The highest BCUT2D eigenvalue weighted by molar-refractivity contribution is 7.17. The SMILES string of the molecule is CCCCN(CCCC)c1nc(-c2c(C)cc(C3CCCCC3)cc2C)c(C=O)s1. The first-order valence-electron chi connectivity index (χ1n) is 11.9. The molecule has 164 valence electrons. The predicted octanol–water partition coefficient (Wildman–Crippen LogP) is 7.69. The highest BCUT2D eigenvalue weighted by Crippen LogP contribution is 2.39. The van der Waals surface area contributed by atoms with Gasteiger partial charge < -0.3 is 4.90 Å². The van der Waals surface area contributed by atoms with E-state index in [-0.39, 0.29) is 0 Å². The van der Waals surface area contributed by atoms with E-state index in [1.165, 1.54) is 61.6 Å². The predicted molar refractivity (Wildman–Crippen MR) is 130 cm³/mol. The monoisotopic (exact) mass is 426 g/mol. The summed E-state index contributed by atoms with van der Waals surface area (Å²) in [5.41, 5.74) is 6.02. The van der Waals surface area contributed by atoms with Crippen LogP contribution in [0.15, 0.2) is 12.1 Å². The van der Waals surface area contributed by atoms with E-state index >= 15 is 0 Å². The van der Waals surface area contributed by atoms with Crippen LogP contribution in [0.5, 0.6) is 0 Å². The van der Waals surface area contributed by atoms with Crippen molar-refractivity contribution in [1.82, 2.24) is 4.98 Å². The molecule has 3 nitrogen and oxygen atoms in total. The molecule has 1 fully saturated rings. The third-order valence-electron chi connectivity index (χ3n) is 6.45. The van der Waals surface area contributed by atoms with Gasteiger partial charge in [-0.1, -0.05) is 69.4 Å². The van der Waals surface area contributed by atoms with Crippen molar-refractivity contribution in [2.24, 2.45) is 0 Å². The fourth-order valence-electron chi connectivity index (χ4n) is 4.76. The fraction of sp³-hybridized carbons (Fsp3) is 0.615. The Kier molecular flexibility index (Phi) is 8.50. The molecule has 0 aliphatic heterocycles. The van der Waals surface area contributed by atoms with Gasteiger partial charge in [0.1, 0.15) is 0 Å². The molecule has 0 radical (unpaired) electrons. The lowest BCUT2D eigenvalue weighted by molar-refractivity contribution is 0.112. The molecule has 0 bridgehead atoms. The molecule has 1 saturated carbocycles. The first kappa shape index (κ1) is 23.0. The van der Waals surface area contributed by atoms with Gasteiger partial charge in [-0.05, 0) is 62.1 Å². The molecule has 0 N–H and O–H groups in total. The summed E-state index contributed by atoms with van der Waals surface area (Å²) in [4.78, 5) is 20.1. The van der Waals surface area contributed by atoms with Gasteiger partial charge in [0, 0.05) is 18.7 Å². The Morgan fingerprint density at radius 2 is 1.63 bits per heavy atom. The molecule has 30 heavy (non-hydrogen) atoms. The van der Waals surface area contributed by atoms with Crippen molar-refractivity contribution in [1.29, 1.82) is 0 Å².